The maximum atomic E-state index is 6.72. The van der Waals surface area contributed by atoms with E-state index in [4.69, 9.17) is 28.1 Å². The van der Waals surface area contributed by atoms with Crippen molar-refractivity contribution in [3.63, 3.8) is 0 Å². The second-order valence-electron chi connectivity index (χ2n) is 8.12. The van der Waals surface area contributed by atoms with Gasteiger partial charge < -0.3 is 16.4 Å². The first-order valence-corrected chi connectivity index (χ1v) is 10.4. The van der Waals surface area contributed by atoms with E-state index in [2.05, 4.69) is 27.8 Å². The van der Waals surface area contributed by atoms with Gasteiger partial charge in [-0.3, -0.25) is 4.90 Å². The minimum Gasteiger partial charge on any atom is -0.369 e. The molecule has 1 saturated heterocycles. The van der Waals surface area contributed by atoms with E-state index in [1.165, 1.54) is 19.3 Å². The molecule has 0 bridgehead atoms. The van der Waals surface area contributed by atoms with Gasteiger partial charge in [0.1, 0.15) is 5.66 Å². The van der Waals surface area contributed by atoms with Gasteiger partial charge in [-0.2, -0.15) is 4.99 Å². The van der Waals surface area contributed by atoms with E-state index in [1.807, 2.05) is 12.1 Å². The second kappa shape index (κ2) is 7.23. The summed E-state index contributed by atoms with van der Waals surface area (Å²) in [5.74, 6) is 1.34. The Morgan fingerprint density at radius 2 is 1.93 bits per heavy atom. The van der Waals surface area contributed by atoms with E-state index in [0.717, 1.165) is 55.2 Å². The van der Waals surface area contributed by atoms with Crippen molar-refractivity contribution in [2.75, 3.05) is 22.9 Å². The average molecular weight is 389 g/mol. The van der Waals surface area contributed by atoms with Gasteiger partial charge in [-0.1, -0.05) is 31.0 Å². The fourth-order valence-corrected chi connectivity index (χ4v) is 5.15. The molecule has 1 aliphatic carbocycles. The van der Waals surface area contributed by atoms with Crippen LogP contribution >= 0.6 is 11.6 Å². The highest BCUT2D eigenvalue weighted by Crippen LogP contribution is 2.45. The Morgan fingerprint density at radius 3 is 2.67 bits per heavy atom. The Morgan fingerprint density at radius 1 is 1.15 bits per heavy atom. The van der Waals surface area contributed by atoms with Gasteiger partial charge in [-0.05, 0) is 56.6 Å². The number of nitrogens with two attached hydrogens (primary N) is 2. The van der Waals surface area contributed by atoms with Crippen molar-refractivity contribution in [2.45, 2.75) is 57.5 Å². The minimum absolute atomic E-state index is 0.279. The Balaban J connectivity index is 1.82. The van der Waals surface area contributed by atoms with Crippen LogP contribution in [0.4, 0.5) is 11.4 Å². The number of hydrogen-bond donors (Lipinski definition) is 2. The predicted octanol–water partition coefficient (Wildman–Crippen LogP) is 3.69. The lowest BCUT2D eigenvalue weighted by atomic mass is 9.87. The smallest absolute Gasteiger partial charge is 0.220 e. The first-order valence-electron chi connectivity index (χ1n) is 10.0. The lowest BCUT2D eigenvalue weighted by molar-refractivity contribution is 0.305. The third-order valence-electron chi connectivity index (χ3n) is 6.03. The van der Waals surface area contributed by atoms with Crippen molar-refractivity contribution >= 4 is 34.9 Å². The van der Waals surface area contributed by atoms with Crippen LogP contribution in [0.15, 0.2) is 28.2 Å². The molecule has 1 saturated carbocycles. The summed E-state index contributed by atoms with van der Waals surface area (Å²) in [6, 6.07) is 6.04. The highest BCUT2D eigenvalue weighted by Gasteiger charge is 2.44. The quantitative estimate of drug-likeness (QED) is 0.809. The monoisotopic (exact) mass is 388 g/mol. The number of nitrogens with zero attached hydrogens (tertiary/aromatic N) is 4. The SMILES string of the molecule is CC1CCCN(c2c(Cl)cccc2N2C(N)=NC(N)=NC23CCCCC3)C1. The lowest BCUT2D eigenvalue weighted by Gasteiger charge is -2.47. The van der Waals surface area contributed by atoms with E-state index in [-0.39, 0.29) is 5.96 Å². The fraction of sp³-hybridized carbons (Fsp3) is 0.600. The highest BCUT2D eigenvalue weighted by molar-refractivity contribution is 6.34. The summed E-state index contributed by atoms with van der Waals surface area (Å²) in [5.41, 5.74) is 14.0. The molecular weight excluding hydrogens is 360 g/mol. The molecule has 146 valence electrons. The number of piperidine rings is 1. The van der Waals surface area contributed by atoms with Crippen LogP contribution in [0.5, 0.6) is 0 Å². The fourth-order valence-electron chi connectivity index (χ4n) is 4.86. The molecule has 2 aliphatic heterocycles. The van der Waals surface area contributed by atoms with Gasteiger partial charge in [0, 0.05) is 13.1 Å². The van der Waals surface area contributed by atoms with E-state index >= 15 is 0 Å². The summed E-state index contributed by atoms with van der Waals surface area (Å²) in [5, 5.41) is 0.753. The van der Waals surface area contributed by atoms with Crippen LogP contribution in [0.2, 0.25) is 5.02 Å². The van der Waals surface area contributed by atoms with Crippen LogP contribution in [0, 0.1) is 5.92 Å². The van der Waals surface area contributed by atoms with E-state index in [1.54, 1.807) is 0 Å². The molecule has 2 heterocycles. The third kappa shape index (κ3) is 3.35. The molecule has 0 amide bonds. The van der Waals surface area contributed by atoms with Crippen LogP contribution in [0.25, 0.3) is 0 Å². The number of anilines is 2. The van der Waals surface area contributed by atoms with Crippen LogP contribution in [-0.2, 0) is 0 Å². The van der Waals surface area contributed by atoms with Crippen molar-refractivity contribution < 1.29 is 0 Å². The van der Waals surface area contributed by atoms with E-state index in [9.17, 15) is 0 Å². The molecule has 4 rings (SSSR count). The molecule has 0 aromatic heterocycles. The first-order chi connectivity index (χ1) is 13.0. The molecule has 1 atom stereocenters. The van der Waals surface area contributed by atoms with Crippen molar-refractivity contribution in [3.8, 4) is 0 Å². The third-order valence-corrected chi connectivity index (χ3v) is 6.34. The van der Waals surface area contributed by atoms with Gasteiger partial charge in [0.2, 0.25) is 11.9 Å². The Kier molecular flexibility index (Phi) is 4.93. The molecule has 6 nitrogen and oxygen atoms in total. The standard InChI is InChI=1S/C20H29ClN6/c1-14-7-6-12-26(13-14)17-15(21)8-5-9-16(17)27-19(23)24-18(22)25-20(27)10-3-2-4-11-20/h5,8-9,14H,2-4,6-7,10-13H2,1H3,(H4,22,23,24,25). The molecular formula is C20H29ClN6. The topological polar surface area (TPSA) is 83.2 Å². The molecule has 1 aromatic rings. The van der Waals surface area contributed by atoms with Gasteiger partial charge in [-0.15, -0.1) is 0 Å². The van der Waals surface area contributed by atoms with Crippen molar-refractivity contribution in [1.29, 1.82) is 0 Å². The molecule has 2 fully saturated rings. The van der Waals surface area contributed by atoms with Crippen LogP contribution in [0.1, 0.15) is 51.9 Å². The summed E-state index contributed by atoms with van der Waals surface area (Å²) in [7, 11) is 0. The van der Waals surface area contributed by atoms with Crippen LogP contribution in [-0.4, -0.2) is 30.7 Å². The number of hydrogen-bond acceptors (Lipinski definition) is 6. The van der Waals surface area contributed by atoms with Gasteiger partial charge >= 0.3 is 0 Å². The summed E-state index contributed by atoms with van der Waals surface area (Å²) < 4.78 is 0. The molecule has 4 N–H and O–H groups in total. The Hall–Kier alpha value is -1.95. The number of guanidine groups is 2. The Labute approximate surface area is 166 Å². The summed E-state index contributed by atoms with van der Waals surface area (Å²) in [6.45, 7) is 4.30. The normalized spacial score (nSPS) is 25.3. The number of benzene rings is 1. The van der Waals surface area contributed by atoms with Gasteiger partial charge in [0.25, 0.3) is 0 Å². The zero-order valence-corrected chi connectivity index (χ0v) is 16.8. The number of halogens is 1. The van der Waals surface area contributed by atoms with E-state index in [0.29, 0.717) is 11.9 Å². The summed E-state index contributed by atoms with van der Waals surface area (Å²) >= 11 is 6.72. The maximum absolute atomic E-state index is 6.72. The molecule has 1 aromatic carbocycles. The maximum Gasteiger partial charge on any atom is 0.220 e. The van der Waals surface area contributed by atoms with Crippen LogP contribution < -0.4 is 21.3 Å². The van der Waals surface area contributed by atoms with Crippen molar-refractivity contribution in [3.05, 3.63) is 23.2 Å². The highest BCUT2D eigenvalue weighted by atomic mass is 35.5. The predicted molar refractivity (Wildman–Crippen MR) is 114 cm³/mol. The van der Waals surface area contributed by atoms with Gasteiger partial charge in [0.05, 0.1) is 16.4 Å². The summed E-state index contributed by atoms with van der Waals surface area (Å²) in [6.07, 6.45) is 7.71. The second-order valence-corrected chi connectivity index (χ2v) is 8.53. The molecule has 27 heavy (non-hydrogen) atoms. The molecule has 1 spiro atoms. The number of aliphatic imine (C=N–C) groups is 2. The molecule has 7 heteroatoms. The van der Waals surface area contributed by atoms with Gasteiger partial charge in [-0.25, -0.2) is 4.99 Å². The van der Waals surface area contributed by atoms with Crippen molar-refractivity contribution in [2.24, 2.45) is 27.4 Å². The summed E-state index contributed by atoms with van der Waals surface area (Å²) in [4.78, 5) is 13.6. The molecule has 1 unspecified atom stereocenters. The van der Waals surface area contributed by atoms with Crippen LogP contribution in [0.3, 0.4) is 0 Å². The zero-order chi connectivity index (χ0) is 19.0. The number of rotatable bonds is 2. The Bertz CT molecular complexity index is 768. The van der Waals surface area contributed by atoms with Crippen molar-refractivity contribution in [1.82, 2.24) is 0 Å². The van der Waals surface area contributed by atoms with Gasteiger partial charge in [0.15, 0.2) is 0 Å². The zero-order valence-electron chi connectivity index (χ0n) is 16.0. The largest absolute Gasteiger partial charge is 0.369 e. The first kappa shape index (κ1) is 18.4. The minimum atomic E-state index is -0.449. The molecule has 3 aliphatic rings. The average Bonchev–Trinajstić information content (AvgIpc) is 2.61. The molecule has 0 radical (unpaired) electrons. The van der Waals surface area contributed by atoms with E-state index < -0.39 is 5.66 Å². The lowest BCUT2D eigenvalue weighted by Crippen LogP contribution is -2.58. The number of para-hydroxylation sites is 1.